The minimum atomic E-state index is -5.00. The molecule has 140 valence electrons. The van der Waals surface area contributed by atoms with Crippen LogP contribution in [0.4, 0.5) is 13.2 Å². The van der Waals surface area contributed by atoms with E-state index in [1.807, 2.05) is 19.1 Å². The summed E-state index contributed by atoms with van der Waals surface area (Å²) in [5.74, 6) is 0.927. The highest BCUT2D eigenvalue weighted by molar-refractivity contribution is 5.94. The number of methoxy groups -OCH3 is 1. The SMILES string of the molecule is CCCO.COc1ccc(C(C)=O)cc1C(C)(C)C.OC(F)(F)F. The molecule has 0 aromatic heterocycles. The quantitative estimate of drug-likeness (QED) is 0.805. The van der Waals surface area contributed by atoms with Crippen molar-refractivity contribution in [2.75, 3.05) is 13.7 Å². The first kappa shape index (κ1) is 24.6. The van der Waals surface area contributed by atoms with Crippen molar-refractivity contribution in [1.82, 2.24) is 0 Å². The largest absolute Gasteiger partial charge is 0.519 e. The number of ketones is 1. The van der Waals surface area contributed by atoms with E-state index >= 15 is 0 Å². The molecule has 1 rings (SSSR count). The van der Waals surface area contributed by atoms with E-state index in [4.69, 9.17) is 14.9 Å². The van der Waals surface area contributed by atoms with Gasteiger partial charge in [-0.1, -0.05) is 27.7 Å². The van der Waals surface area contributed by atoms with Gasteiger partial charge in [-0.15, -0.1) is 13.2 Å². The van der Waals surface area contributed by atoms with Gasteiger partial charge in [0.05, 0.1) is 7.11 Å². The Balaban J connectivity index is 0. The summed E-state index contributed by atoms with van der Waals surface area (Å²) in [5, 5.41) is 14.4. The number of Topliss-reactive ketones (excluding diaryl/α,β-unsaturated/α-hetero) is 1. The predicted molar refractivity (Wildman–Crippen MR) is 87.3 cm³/mol. The highest BCUT2D eigenvalue weighted by Crippen LogP contribution is 2.31. The number of hydrogen-bond acceptors (Lipinski definition) is 4. The Hall–Kier alpha value is -1.60. The first-order valence-corrected chi connectivity index (χ1v) is 7.37. The maximum absolute atomic E-state index is 11.3. The van der Waals surface area contributed by atoms with Crippen LogP contribution in [0.2, 0.25) is 0 Å². The molecule has 0 amide bonds. The van der Waals surface area contributed by atoms with Crippen LogP contribution in [0.5, 0.6) is 5.75 Å². The monoisotopic (exact) mass is 352 g/mol. The lowest BCUT2D eigenvalue weighted by molar-refractivity contribution is -0.295. The second-order valence-corrected chi connectivity index (χ2v) is 5.91. The molecule has 0 atom stereocenters. The molecule has 1 aromatic rings. The smallest absolute Gasteiger partial charge is 0.496 e. The third kappa shape index (κ3) is 12.9. The highest BCUT2D eigenvalue weighted by Gasteiger charge is 2.20. The van der Waals surface area contributed by atoms with Gasteiger partial charge in [-0.3, -0.25) is 4.79 Å². The van der Waals surface area contributed by atoms with Gasteiger partial charge in [-0.25, -0.2) is 0 Å². The first-order valence-electron chi connectivity index (χ1n) is 7.37. The van der Waals surface area contributed by atoms with E-state index in [0.717, 1.165) is 23.3 Å². The Bertz CT molecular complexity index is 484. The normalized spacial score (nSPS) is 10.8. The highest BCUT2D eigenvalue weighted by atomic mass is 19.4. The molecule has 0 saturated carbocycles. The molecule has 0 unspecified atom stereocenters. The summed E-state index contributed by atoms with van der Waals surface area (Å²) >= 11 is 0. The Morgan fingerprint density at radius 1 is 1.21 bits per heavy atom. The minimum absolute atomic E-state index is 0.0171. The molecule has 0 aliphatic heterocycles. The Kier molecular flexibility index (Phi) is 11.3. The van der Waals surface area contributed by atoms with Gasteiger partial charge in [0.15, 0.2) is 5.78 Å². The zero-order chi connectivity index (χ0) is 19.6. The molecule has 0 heterocycles. The molecular weight excluding hydrogens is 325 g/mol. The van der Waals surface area contributed by atoms with Crippen LogP contribution >= 0.6 is 0 Å². The van der Waals surface area contributed by atoms with Gasteiger partial charge in [-0.05, 0) is 37.0 Å². The fraction of sp³-hybridized carbons (Fsp3) is 0.588. The van der Waals surface area contributed by atoms with Crippen LogP contribution in [0.1, 0.15) is 57.0 Å². The van der Waals surface area contributed by atoms with Gasteiger partial charge in [0.1, 0.15) is 5.75 Å². The van der Waals surface area contributed by atoms with Crippen molar-refractivity contribution >= 4 is 5.78 Å². The maximum Gasteiger partial charge on any atom is 0.519 e. The molecule has 0 saturated heterocycles. The fourth-order valence-corrected chi connectivity index (χ4v) is 1.51. The van der Waals surface area contributed by atoms with Gasteiger partial charge < -0.3 is 14.9 Å². The van der Waals surface area contributed by atoms with Crippen molar-refractivity contribution in [3.05, 3.63) is 29.3 Å². The number of benzene rings is 1. The number of aliphatic hydroxyl groups excluding tert-OH is 1. The maximum atomic E-state index is 11.3. The molecule has 0 aliphatic rings. The van der Waals surface area contributed by atoms with Crippen molar-refractivity contribution in [1.29, 1.82) is 0 Å². The van der Waals surface area contributed by atoms with Crippen LogP contribution in [0, 0.1) is 0 Å². The van der Waals surface area contributed by atoms with E-state index < -0.39 is 6.36 Å². The molecule has 0 spiro atoms. The molecule has 1 aromatic carbocycles. The van der Waals surface area contributed by atoms with Gasteiger partial charge >= 0.3 is 6.36 Å². The average Bonchev–Trinajstić information content (AvgIpc) is 2.44. The molecule has 0 bridgehead atoms. The zero-order valence-electron chi connectivity index (χ0n) is 15.0. The molecule has 0 aliphatic carbocycles. The summed E-state index contributed by atoms with van der Waals surface area (Å²) in [5.41, 5.74) is 1.79. The predicted octanol–water partition coefficient (Wildman–Crippen LogP) is 4.08. The molecule has 4 nitrogen and oxygen atoms in total. The first-order chi connectivity index (χ1) is 10.8. The third-order valence-electron chi connectivity index (χ3n) is 2.64. The van der Waals surface area contributed by atoms with Crippen molar-refractivity contribution < 1.29 is 32.9 Å². The van der Waals surface area contributed by atoms with Crippen LogP contribution in [-0.2, 0) is 5.41 Å². The number of aliphatic hydroxyl groups is 2. The van der Waals surface area contributed by atoms with Crippen molar-refractivity contribution in [3.8, 4) is 5.75 Å². The van der Waals surface area contributed by atoms with Crippen LogP contribution in [0.15, 0.2) is 18.2 Å². The lowest BCUT2D eigenvalue weighted by Gasteiger charge is -2.22. The summed E-state index contributed by atoms with van der Waals surface area (Å²) in [7, 11) is 1.65. The summed E-state index contributed by atoms with van der Waals surface area (Å²) in [6, 6.07) is 5.58. The zero-order valence-corrected chi connectivity index (χ0v) is 15.0. The minimum Gasteiger partial charge on any atom is -0.496 e. The van der Waals surface area contributed by atoms with Gasteiger partial charge in [-0.2, -0.15) is 0 Å². The van der Waals surface area contributed by atoms with Gasteiger partial charge in [0.2, 0.25) is 0 Å². The summed E-state index contributed by atoms with van der Waals surface area (Å²) in [6.45, 7) is 10.1. The van der Waals surface area contributed by atoms with Crippen LogP contribution in [0.3, 0.4) is 0 Å². The number of hydrogen-bond donors (Lipinski definition) is 2. The van der Waals surface area contributed by atoms with E-state index in [0.29, 0.717) is 6.61 Å². The second-order valence-electron chi connectivity index (χ2n) is 5.91. The lowest BCUT2D eigenvalue weighted by Crippen LogP contribution is -2.13. The summed E-state index contributed by atoms with van der Waals surface area (Å²) in [4.78, 5) is 11.3. The number of carbonyl (C=O) groups is 1. The molecule has 24 heavy (non-hydrogen) atoms. The van der Waals surface area contributed by atoms with E-state index in [1.54, 1.807) is 20.1 Å². The fourth-order valence-electron chi connectivity index (χ4n) is 1.51. The van der Waals surface area contributed by atoms with Crippen molar-refractivity contribution in [3.63, 3.8) is 0 Å². The Labute approximate surface area is 141 Å². The lowest BCUT2D eigenvalue weighted by atomic mass is 9.85. The molecule has 0 radical (unpaired) electrons. The van der Waals surface area contributed by atoms with Gasteiger partial charge in [0, 0.05) is 17.7 Å². The van der Waals surface area contributed by atoms with E-state index in [1.165, 1.54) is 0 Å². The standard InChI is InChI=1S/C13H18O2.C3H8O.CHF3O/c1-9(14)10-6-7-12(15-5)11(8-10)13(2,3)4;1-2-3-4;2-1(3,4)5/h6-8H,1-5H3;4H,2-3H2,1H3;5H. The van der Waals surface area contributed by atoms with E-state index in [-0.39, 0.29) is 11.2 Å². The number of ether oxygens (including phenoxy) is 1. The van der Waals surface area contributed by atoms with Crippen LogP contribution in [0.25, 0.3) is 0 Å². The summed E-state index contributed by atoms with van der Waals surface area (Å²) < 4.78 is 35.0. The third-order valence-corrected chi connectivity index (χ3v) is 2.64. The van der Waals surface area contributed by atoms with Gasteiger partial charge in [0.25, 0.3) is 0 Å². The van der Waals surface area contributed by atoms with Crippen LogP contribution in [-0.4, -0.2) is 36.1 Å². The van der Waals surface area contributed by atoms with E-state index in [2.05, 4.69) is 20.8 Å². The number of carbonyl (C=O) groups excluding carboxylic acids is 1. The topological polar surface area (TPSA) is 66.8 Å². The molecule has 7 heteroatoms. The number of halogens is 3. The van der Waals surface area contributed by atoms with E-state index in [9.17, 15) is 18.0 Å². The summed E-state index contributed by atoms with van der Waals surface area (Å²) in [6.07, 6.45) is -4.12. The molecule has 0 fully saturated rings. The number of rotatable bonds is 3. The molecule has 2 N–H and O–H groups in total. The van der Waals surface area contributed by atoms with Crippen molar-refractivity contribution in [2.24, 2.45) is 0 Å². The average molecular weight is 352 g/mol. The second kappa shape index (κ2) is 11.0. The van der Waals surface area contributed by atoms with Crippen molar-refractivity contribution in [2.45, 2.75) is 52.8 Å². The Morgan fingerprint density at radius 3 is 1.88 bits per heavy atom. The molecular formula is C17H27F3O4. The number of alkyl halides is 3. The van der Waals surface area contributed by atoms with Crippen LogP contribution < -0.4 is 4.74 Å². The Morgan fingerprint density at radius 2 is 1.62 bits per heavy atom.